The molecule has 0 aliphatic heterocycles. The molecule has 2 N–H and O–H groups in total. The van der Waals surface area contributed by atoms with Gasteiger partial charge in [0.05, 0.1) is 22.7 Å². The van der Waals surface area contributed by atoms with Crippen molar-refractivity contribution < 1.29 is 5.11 Å². The van der Waals surface area contributed by atoms with Crippen LogP contribution in [0.1, 0.15) is 25.0 Å². The van der Waals surface area contributed by atoms with Crippen molar-refractivity contribution in [3.05, 3.63) is 53.6 Å². The first-order valence-corrected chi connectivity index (χ1v) is 7.20. The van der Waals surface area contributed by atoms with Crippen molar-refractivity contribution in [3.8, 4) is 29.3 Å². The van der Waals surface area contributed by atoms with Gasteiger partial charge >= 0.3 is 0 Å². The molecule has 0 unspecified atom stereocenters. The molecule has 3 rings (SSSR count). The summed E-state index contributed by atoms with van der Waals surface area (Å²) in [6.07, 6.45) is 0. The third kappa shape index (κ3) is 3.40. The van der Waals surface area contributed by atoms with Crippen LogP contribution in [0.2, 0.25) is 0 Å². The first-order valence-electron chi connectivity index (χ1n) is 7.20. The number of aliphatic hydroxyl groups is 1. The third-order valence-electron chi connectivity index (χ3n) is 3.28. The zero-order valence-corrected chi connectivity index (χ0v) is 12.9. The van der Waals surface area contributed by atoms with Crippen LogP contribution in [0.15, 0.2) is 42.5 Å². The average molecular weight is 301 g/mol. The largest absolute Gasteiger partial charge is 0.378 e. The number of aromatic amines is 1. The Morgan fingerprint density at radius 3 is 2.43 bits per heavy atom. The van der Waals surface area contributed by atoms with Crippen molar-refractivity contribution in [3.63, 3.8) is 0 Å². The summed E-state index contributed by atoms with van der Waals surface area (Å²) in [4.78, 5) is 7.76. The Balaban J connectivity index is 1.93. The molecule has 0 amide bonds. The number of nitriles is 1. The summed E-state index contributed by atoms with van der Waals surface area (Å²) in [5.41, 5.74) is 3.03. The van der Waals surface area contributed by atoms with E-state index in [4.69, 9.17) is 5.26 Å². The van der Waals surface area contributed by atoms with Crippen molar-refractivity contribution in [1.29, 1.82) is 5.26 Å². The minimum atomic E-state index is -1.00. The van der Waals surface area contributed by atoms with E-state index in [1.54, 1.807) is 26.0 Å². The summed E-state index contributed by atoms with van der Waals surface area (Å²) in [6.45, 7) is 3.30. The highest BCUT2D eigenvalue weighted by Crippen LogP contribution is 2.21. The monoisotopic (exact) mass is 301 g/mol. The molecule has 0 atom stereocenters. The lowest BCUT2D eigenvalue weighted by molar-refractivity contribution is 0.143. The molecule has 0 aliphatic rings. The lowest BCUT2D eigenvalue weighted by Crippen LogP contribution is -2.14. The molecule has 0 bridgehead atoms. The molecule has 0 radical (unpaired) electrons. The molecule has 0 aliphatic carbocycles. The molecule has 2 aromatic carbocycles. The quantitative estimate of drug-likeness (QED) is 0.678. The maximum Gasteiger partial charge on any atom is 0.138 e. The van der Waals surface area contributed by atoms with Crippen LogP contribution >= 0.6 is 0 Å². The minimum absolute atomic E-state index is 0.602. The number of nitrogens with one attached hydrogen (secondary N) is 1. The van der Waals surface area contributed by atoms with Gasteiger partial charge in [0.1, 0.15) is 11.4 Å². The highest BCUT2D eigenvalue weighted by Gasteiger charge is 2.07. The Hall–Kier alpha value is -3.08. The molecule has 4 nitrogen and oxygen atoms in total. The molecule has 4 heteroatoms. The molecule has 0 saturated heterocycles. The van der Waals surface area contributed by atoms with E-state index in [0.29, 0.717) is 5.56 Å². The zero-order valence-electron chi connectivity index (χ0n) is 12.9. The standard InChI is InChI=1S/C19H15N3O/c1-19(2,23)10-9-13-3-6-15(7-4-13)18-21-16-8-5-14(12-20)11-17(16)22-18/h3-8,11,23H,1-2H3,(H,21,22). The molecular formula is C19H15N3O. The second-order valence-corrected chi connectivity index (χ2v) is 5.82. The number of benzene rings is 2. The molecule has 23 heavy (non-hydrogen) atoms. The van der Waals surface area contributed by atoms with Gasteiger partial charge in [-0.2, -0.15) is 5.26 Å². The number of hydrogen-bond donors (Lipinski definition) is 2. The van der Waals surface area contributed by atoms with Crippen molar-refractivity contribution in [2.75, 3.05) is 0 Å². The molecule has 0 fully saturated rings. The van der Waals surface area contributed by atoms with Crippen LogP contribution in [-0.4, -0.2) is 20.7 Å². The van der Waals surface area contributed by atoms with Crippen LogP contribution in [0.25, 0.3) is 22.4 Å². The van der Waals surface area contributed by atoms with E-state index in [-0.39, 0.29) is 0 Å². The SMILES string of the molecule is CC(C)(O)C#Cc1ccc(-c2nc3ccc(C#N)cc3[nH]2)cc1. The number of imidazole rings is 1. The van der Waals surface area contributed by atoms with Crippen LogP contribution in [-0.2, 0) is 0 Å². The van der Waals surface area contributed by atoms with Crippen LogP contribution in [0.4, 0.5) is 0 Å². The third-order valence-corrected chi connectivity index (χ3v) is 3.28. The van der Waals surface area contributed by atoms with Gasteiger partial charge in [-0.15, -0.1) is 0 Å². The van der Waals surface area contributed by atoms with Gasteiger partial charge in [0.2, 0.25) is 0 Å². The van der Waals surface area contributed by atoms with Gasteiger partial charge in [0.15, 0.2) is 0 Å². The summed E-state index contributed by atoms with van der Waals surface area (Å²) < 4.78 is 0. The first kappa shape index (κ1) is 14.8. The minimum Gasteiger partial charge on any atom is -0.378 e. The predicted octanol–water partition coefficient (Wildman–Crippen LogP) is 3.22. The van der Waals surface area contributed by atoms with Gasteiger partial charge < -0.3 is 10.1 Å². The van der Waals surface area contributed by atoms with Gasteiger partial charge in [0, 0.05) is 11.1 Å². The lowest BCUT2D eigenvalue weighted by Gasteiger charge is -2.05. The number of rotatable bonds is 1. The van der Waals surface area contributed by atoms with E-state index in [1.165, 1.54) is 0 Å². The van der Waals surface area contributed by atoms with E-state index in [0.717, 1.165) is 28.0 Å². The van der Waals surface area contributed by atoms with Crippen LogP contribution in [0.5, 0.6) is 0 Å². The lowest BCUT2D eigenvalue weighted by atomic mass is 10.1. The van der Waals surface area contributed by atoms with E-state index >= 15 is 0 Å². The Morgan fingerprint density at radius 1 is 1.09 bits per heavy atom. The maximum absolute atomic E-state index is 9.62. The van der Waals surface area contributed by atoms with Gasteiger partial charge in [-0.3, -0.25) is 0 Å². The highest BCUT2D eigenvalue weighted by atomic mass is 16.3. The fourth-order valence-corrected chi connectivity index (χ4v) is 2.15. The summed E-state index contributed by atoms with van der Waals surface area (Å²) in [7, 11) is 0. The fraction of sp³-hybridized carbons (Fsp3) is 0.158. The summed E-state index contributed by atoms with van der Waals surface area (Å²) in [5, 5.41) is 18.6. The van der Waals surface area contributed by atoms with Gasteiger partial charge in [0.25, 0.3) is 0 Å². The van der Waals surface area contributed by atoms with E-state index in [9.17, 15) is 5.11 Å². The van der Waals surface area contributed by atoms with Gasteiger partial charge in [-0.1, -0.05) is 24.0 Å². The Bertz CT molecular complexity index is 958. The van der Waals surface area contributed by atoms with Crippen LogP contribution < -0.4 is 0 Å². The number of aromatic nitrogens is 2. The van der Waals surface area contributed by atoms with Crippen LogP contribution in [0.3, 0.4) is 0 Å². The summed E-state index contributed by atoms with van der Waals surface area (Å²) in [6, 6.07) is 15.1. The molecule has 1 aromatic heterocycles. The molecule has 0 saturated carbocycles. The van der Waals surface area contributed by atoms with Gasteiger partial charge in [-0.05, 0) is 44.2 Å². The maximum atomic E-state index is 9.62. The van der Waals surface area contributed by atoms with Gasteiger partial charge in [-0.25, -0.2) is 4.98 Å². The molecule has 0 spiro atoms. The zero-order chi connectivity index (χ0) is 16.4. The molecule has 1 heterocycles. The smallest absolute Gasteiger partial charge is 0.138 e. The van der Waals surface area contributed by atoms with E-state index in [2.05, 4.69) is 27.9 Å². The summed E-state index contributed by atoms with van der Waals surface area (Å²) in [5.74, 6) is 6.47. The van der Waals surface area contributed by atoms with E-state index in [1.807, 2.05) is 30.3 Å². The Morgan fingerprint density at radius 2 is 1.78 bits per heavy atom. The topological polar surface area (TPSA) is 72.7 Å². The predicted molar refractivity (Wildman–Crippen MR) is 89.4 cm³/mol. The molecule has 112 valence electrons. The van der Waals surface area contributed by atoms with E-state index < -0.39 is 5.60 Å². The van der Waals surface area contributed by atoms with Crippen molar-refractivity contribution >= 4 is 11.0 Å². The fourth-order valence-electron chi connectivity index (χ4n) is 2.15. The molecular weight excluding hydrogens is 286 g/mol. The summed E-state index contributed by atoms with van der Waals surface area (Å²) >= 11 is 0. The van der Waals surface area contributed by atoms with Crippen molar-refractivity contribution in [2.45, 2.75) is 19.4 Å². The Kier molecular flexibility index (Phi) is 3.62. The molecule has 3 aromatic rings. The second kappa shape index (κ2) is 5.61. The second-order valence-electron chi connectivity index (χ2n) is 5.82. The van der Waals surface area contributed by atoms with Crippen molar-refractivity contribution in [2.24, 2.45) is 0 Å². The number of hydrogen-bond acceptors (Lipinski definition) is 3. The first-order chi connectivity index (χ1) is 10.9. The average Bonchev–Trinajstić information content (AvgIpc) is 2.95. The number of H-pyrrole nitrogens is 1. The van der Waals surface area contributed by atoms with Crippen molar-refractivity contribution in [1.82, 2.24) is 9.97 Å². The van der Waals surface area contributed by atoms with Crippen LogP contribution in [0, 0.1) is 23.2 Å². The number of nitrogens with zero attached hydrogens (tertiary/aromatic N) is 2. The highest BCUT2D eigenvalue weighted by molar-refractivity contribution is 5.80. The Labute approximate surface area is 134 Å². The number of fused-ring (bicyclic) bond motifs is 1. The normalized spacial score (nSPS) is 10.9.